The van der Waals surface area contributed by atoms with Crippen LogP contribution in [0.2, 0.25) is 0 Å². The van der Waals surface area contributed by atoms with Crippen LogP contribution in [0.1, 0.15) is 39.8 Å². The van der Waals surface area contributed by atoms with Gasteiger partial charge >= 0.3 is 0 Å². The Labute approximate surface area is 120 Å². The van der Waals surface area contributed by atoms with E-state index in [-0.39, 0.29) is 11.3 Å². The second-order valence-electron chi connectivity index (χ2n) is 4.67. The largest absolute Gasteiger partial charge is 0.294 e. The van der Waals surface area contributed by atoms with Crippen LogP contribution in [0.3, 0.4) is 0 Å². The van der Waals surface area contributed by atoms with Gasteiger partial charge in [-0.05, 0) is 24.6 Å². The monoisotopic (exact) mass is 292 g/mol. The summed E-state index contributed by atoms with van der Waals surface area (Å²) in [6.45, 7) is 1.86. The third kappa shape index (κ3) is 3.21. The maximum Gasteiger partial charge on any atom is 0.174 e. The molecule has 1 heterocycles. The van der Waals surface area contributed by atoms with E-state index in [9.17, 15) is 18.4 Å². The fraction of sp³-hybridized carbons (Fsp3) is 0.267. The standard InChI is InChI=1S/C15H14F2N2O2/c1-3-13-10(8-19(2)18-13)15(21)7-14(20)9-4-5-11(16)12(17)6-9/h4-6,8H,3,7H2,1-2H3. The molecule has 0 saturated heterocycles. The second-order valence-corrected chi connectivity index (χ2v) is 4.67. The molecule has 0 spiro atoms. The molecule has 0 amide bonds. The molecular weight excluding hydrogens is 278 g/mol. The fourth-order valence-corrected chi connectivity index (χ4v) is 2.04. The molecule has 0 aliphatic heterocycles. The highest BCUT2D eigenvalue weighted by Gasteiger charge is 2.19. The number of aromatic nitrogens is 2. The SMILES string of the molecule is CCc1nn(C)cc1C(=O)CC(=O)c1ccc(F)c(F)c1. The Morgan fingerprint density at radius 3 is 2.52 bits per heavy atom. The van der Waals surface area contributed by atoms with Gasteiger partial charge in [-0.15, -0.1) is 0 Å². The molecular formula is C15H14F2N2O2. The number of rotatable bonds is 5. The van der Waals surface area contributed by atoms with E-state index in [0.29, 0.717) is 17.7 Å². The van der Waals surface area contributed by atoms with Crippen molar-refractivity contribution < 1.29 is 18.4 Å². The molecule has 0 saturated carbocycles. The van der Waals surface area contributed by atoms with Crippen LogP contribution in [0.15, 0.2) is 24.4 Å². The zero-order valence-electron chi connectivity index (χ0n) is 11.7. The number of carbonyl (C=O) groups excluding carboxylic acids is 2. The third-order valence-corrected chi connectivity index (χ3v) is 3.10. The number of benzene rings is 1. The molecule has 1 aromatic carbocycles. The summed E-state index contributed by atoms with van der Waals surface area (Å²) in [5, 5.41) is 4.13. The summed E-state index contributed by atoms with van der Waals surface area (Å²) in [4.78, 5) is 24.1. The van der Waals surface area contributed by atoms with E-state index in [4.69, 9.17) is 0 Å². The molecule has 0 fully saturated rings. The molecule has 0 aliphatic rings. The van der Waals surface area contributed by atoms with Crippen molar-refractivity contribution in [1.82, 2.24) is 9.78 Å². The maximum absolute atomic E-state index is 13.1. The van der Waals surface area contributed by atoms with E-state index in [1.807, 2.05) is 6.92 Å². The van der Waals surface area contributed by atoms with E-state index in [2.05, 4.69) is 5.10 Å². The van der Waals surface area contributed by atoms with Crippen molar-refractivity contribution in [3.8, 4) is 0 Å². The van der Waals surface area contributed by atoms with E-state index in [0.717, 1.165) is 18.2 Å². The summed E-state index contributed by atoms with van der Waals surface area (Å²) in [6, 6.07) is 2.83. The van der Waals surface area contributed by atoms with Gasteiger partial charge in [-0.2, -0.15) is 5.10 Å². The fourth-order valence-electron chi connectivity index (χ4n) is 2.04. The highest BCUT2D eigenvalue weighted by Crippen LogP contribution is 2.14. The van der Waals surface area contributed by atoms with Crippen LogP contribution in [-0.4, -0.2) is 21.3 Å². The normalized spacial score (nSPS) is 10.7. The minimum Gasteiger partial charge on any atom is -0.294 e. The van der Waals surface area contributed by atoms with Crippen molar-refractivity contribution in [3.63, 3.8) is 0 Å². The summed E-state index contributed by atoms with van der Waals surface area (Å²) in [6.07, 6.45) is 1.73. The average molecular weight is 292 g/mol. The molecule has 4 nitrogen and oxygen atoms in total. The number of carbonyl (C=O) groups is 2. The first-order chi connectivity index (χ1) is 9.92. The minimum absolute atomic E-state index is 0.0239. The number of ketones is 2. The molecule has 110 valence electrons. The van der Waals surface area contributed by atoms with Gasteiger partial charge in [0.25, 0.3) is 0 Å². The molecule has 0 aliphatic carbocycles. The molecule has 0 radical (unpaired) electrons. The van der Waals surface area contributed by atoms with Gasteiger partial charge < -0.3 is 0 Å². The van der Waals surface area contributed by atoms with Gasteiger partial charge in [0.1, 0.15) is 0 Å². The number of nitrogens with zero attached hydrogens (tertiary/aromatic N) is 2. The summed E-state index contributed by atoms with van der Waals surface area (Å²) < 4.78 is 27.4. The van der Waals surface area contributed by atoms with E-state index < -0.39 is 23.8 Å². The van der Waals surface area contributed by atoms with Crippen molar-refractivity contribution >= 4 is 11.6 Å². The lowest BCUT2D eigenvalue weighted by Gasteiger charge is -2.02. The Balaban J connectivity index is 2.18. The zero-order chi connectivity index (χ0) is 15.6. The predicted octanol–water partition coefficient (Wildman–Crippen LogP) is 2.72. The van der Waals surface area contributed by atoms with Crippen LogP contribution >= 0.6 is 0 Å². The summed E-state index contributed by atoms with van der Waals surface area (Å²) in [7, 11) is 1.69. The van der Waals surface area contributed by atoms with Crippen LogP contribution < -0.4 is 0 Å². The Kier molecular flexibility index (Phi) is 4.26. The van der Waals surface area contributed by atoms with Gasteiger partial charge in [0.05, 0.1) is 17.7 Å². The highest BCUT2D eigenvalue weighted by molar-refractivity contribution is 6.13. The lowest BCUT2D eigenvalue weighted by atomic mass is 10.0. The zero-order valence-corrected chi connectivity index (χ0v) is 11.7. The van der Waals surface area contributed by atoms with Crippen LogP contribution in [0, 0.1) is 11.6 Å². The van der Waals surface area contributed by atoms with Gasteiger partial charge in [0.2, 0.25) is 0 Å². The highest BCUT2D eigenvalue weighted by atomic mass is 19.2. The molecule has 0 N–H and O–H groups in total. The Hall–Kier alpha value is -2.37. The average Bonchev–Trinajstić information content (AvgIpc) is 2.83. The van der Waals surface area contributed by atoms with Crippen molar-refractivity contribution in [2.24, 2.45) is 7.05 Å². The van der Waals surface area contributed by atoms with Crippen LogP contribution in [0.4, 0.5) is 8.78 Å². The van der Waals surface area contributed by atoms with Crippen molar-refractivity contribution in [2.45, 2.75) is 19.8 Å². The smallest absolute Gasteiger partial charge is 0.174 e. The molecule has 6 heteroatoms. The predicted molar refractivity (Wildman–Crippen MR) is 72.2 cm³/mol. The van der Waals surface area contributed by atoms with Gasteiger partial charge in [-0.25, -0.2) is 8.78 Å². The Morgan fingerprint density at radius 2 is 1.90 bits per heavy atom. The number of Topliss-reactive ketones (excluding diaryl/α,β-unsaturated/α-hetero) is 2. The summed E-state index contributed by atoms with van der Waals surface area (Å²) in [5.41, 5.74) is 0.973. The van der Waals surface area contributed by atoms with Crippen molar-refractivity contribution in [3.05, 3.63) is 52.9 Å². The quantitative estimate of drug-likeness (QED) is 0.629. The summed E-state index contributed by atoms with van der Waals surface area (Å²) >= 11 is 0. The first-order valence-corrected chi connectivity index (χ1v) is 6.46. The molecule has 0 atom stereocenters. The number of halogens is 2. The molecule has 21 heavy (non-hydrogen) atoms. The molecule has 0 unspecified atom stereocenters. The summed E-state index contributed by atoms with van der Waals surface area (Å²) in [5.74, 6) is -3.07. The number of hydrogen-bond donors (Lipinski definition) is 0. The van der Waals surface area contributed by atoms with Gasteiger partial charge in [-0.3, -0.25) is 14.3 Å². The lowest BCUT2D eigenvalue weighted by Crippen LogP contribution is -2.10. The number of aryl methyl sites for hydroxylation is 2. The molecule has 0 bridgehead atoms. The third-order valence-electron chi connectivity index (χ3n) is 3.10. The first-order valence-electron chi connectivity index (χ1n) is 6.46. The van der Waals surface area contributed by atoms with Gasteiger partial charge in [0.15, 0.2) is 23.2 Å². The van der Waals surface area contributed by atoms with Gasteiger partial charge in [-0.1, -0.05) is 6.92 Å². The van der Waals surface area contributed by atoms with E-state index >= 15 is 0 Å². The molecule has 2 rings (SSSR count). The van der Waals surface area contributed by atoms with Crippen LogP contribution in [-0.2, 0) is 13.5 Å². The topological polar surface area (TPSA) is 52.0 Å². The first kappa shape index (κ1) is 15.0. The van der Waals surface area contributed by atoms with Crippen LogP contribution in [0.25, 0.3) is 0 Å². The van der Waals surface area contributed by atoms with Crippen molar-refractivity contribution in [1.29, 1.82) is 0 Å². The molecule has 1 aromatic heterocycles. The Morgan fingerprint density at radius 1 is 1.19 bits per heavy atom. The number of hydrogen-bond acceptors (Lipinski definition) is 3. The molecule has 2 aromatic rings. The lowest BCUT2D eigenvalue weighted by molar-refractivity contribution is 0.0893. The van der Waals surface area contributed by atoms with Crippen molar-refractivity contribution in [2.75, 3.05) is 0 Å². The minimum atomic E-state index is -1.11. The van der Waals surface area contributed by atoms with Crippen LogP contribution in [0.5, 0.6) is 0 Å². The van der Waals surface area contributed by atoms with Gasteiger partial charge in [0, 0.05) is 18.8 Å². The van der Waals surface area contributed by atoms with E-state index in [1.165, 1.54) is 4.68 Å². The maximum atomic E-state index is 13.1. The van der Waals surface area contributed by atoms with E-state index in [1.54, 1.807) is 13.2 Å². The second kappa shape index (κ2) is 5.95. The Bertz CT molecular complexity index is 708.